The van der Waals surface area contributed by atoms with Gasteiger partial charge in [-0.25, -0.2) is 4.98 Å². The van der Waals surface area contributed by atoms with Crippen molar-refractivity contribution in [2.24, 2.45) is 0 Å². The first-order valence-corrected chi connectivity index (χ1v) is 9.16. The number of nitrogen functional groups attached to an aromatic ring is 1. The van der Waals surface area contributed by atoms with E-state index in [4.69, 9.17) is 15.2 Å². The summed E-state index contributed by atoms with van der Waals surface area (Å²) < 4.78 is 10.3. The normalized spacial score (nSPS) is 10.5. The van der Waals surface area contributed by atoms with E-state index in [9.17, 15) is 4.79 Å². The van der Waals surface area contributed by atoms with Gasteiger partial charge in [0.1, 0.15) is 11.6 Å². The Bertz CT molecular complexity index is 765. The first-order chi connectivity index (χ1) is 13.1. The van der Waals surface area contributed by atoms with Gasteiger partial charge in [-0.2, -0.15) is 4.98 Å². The molecule has 146 valence electrons. The van der Waals surface area contributed by atoms with Gasteiger partial charge in [-0.1, -0.05) is 25.5 Å². The van der Waals surface area contributed by atoms with Gasteiger partial charge in [0.05, 0.1) is 13.7 Å². The Morgan fingerprint density at radius 3 is 2.81 bits per heavy atom. The summed E-state index contributed by atoms with van der Waals surface area (Å²) in [6, 6.07) is 6.02. The molecule has 0 aliphatic heterocycles. The van der Waals surface area contributed by atoms with Crippen LogP contribution in [-0.2, 0) is 22.4 Å². The first kappa shape index (κ1) is 20.5. The van der Waals surface area contributed by atoms with Crippen molar-refractivity contribution in [2.45, 2.75) is 39.5 Å². The lowest BCUT2D eigenvalue weighted by atomic mass is 10.0. The van der Waals surface area contributed by atoms with Crippen LogP contribution < -0.4 is 15.8 Å². The number of nitrogens with one attached hydrogen (secondary N) is 1. The third kappa shape index (κ3) is 5.84. The minimum absolute atomic E-state index is 0.271. The zero-order valence-corrected chi connectivity index (χ0v) is 16.2. The smallest absolute Gasteiger partial charge is 0.293 e. The molecule has 7 nitrogen and oxygen atoms in total. The van der Waals surface area contributed by atoms with Crippen molar-refractivity contribution in [3.63, 3.8) is 0 Å². The van der Waals surface area contributed by atoms with E-state index in [1.54, 1.807) is 7.11 Å². The molecule has 3 N–H and O–H groups in total. The Balaban J connectivity index is 2.25. The van der Waals surface area contributed by atoms with E-state index in [1.807, 2.05) is 25.1 Å². The standard InChI is InChI=1S/C20H28N4O3/c1-4-5-9-22-19-17(14(2)23-20(21)24-19)12-16-7-6-15(8-10-27-13-25)11-18(16)26-3/h6-7,11,13H,4-5,8-10,12H2,1-3H3,(H3,21,22,23,24). The van der Waals surface area contributed by atoms with Crippen molar-refractivity contribution in [1.82, 2.24) is 9.97 Å². The van der Waals surface area contributed by atoms with E-state index in [-0.39, 0.29) is 5.95 Å². The molecule has 0 bridgehead atoms. The van der Waals surface area contributed by atoms with Crippen molar-refractivity contribution < 1.29 is 14.3 Å². The summed E-state index contributed by atoms with van der Waals surface area (Å²) in [6.45, 7) is 5.74. The molecule has 1 aromatic heterocycles. The highest BCUT2D eigenvalue weighted by molar-refractivity contribution is 5.53. The third-order valence-electron chi connectivity index (χ3n) is 4.35. The van der Waals surface area contributed by atoms with Gasteiger partial charge in [0, 0.05) is 30.6 Å². The van der Waals surface area contributed by atoms with Gasteiger partial charge in [-0.3, -0.25) is 4.79 Å². The monoisotopic (exact) mass is 372 g/mol. The second-order valence-electron chi connectivity index (χ2n) is 6.31. The molecule has 0 saturated heterocycles. The Hall–Kier alpha value is -2.83. The highest BCUT2D eigenvalue weighted by Crippen LogP contribution is 2.27. The molecule has 0 atom stereocenters. The molecule has 0 amide bonds. The Morgan fingerprint density at radius 2 is 2.11 bits per heavy atom. The van der Waals surface area contributed by atoms with Gasteiger partial charge >= 0.3 is 0 Å². The van der Waals surface area contributed by atoms with E-state index < -0.39 is 0 Å². The van der Waals surface area contributed by atoms with Crippen molar-refractivity contribution in [2.75, 3.05) is 31.3 Å². The maximum absolute atomic E-state index is 10.3. The van der Waals surface area contributed by atoms with E-state index in [2.05, 4.69) is 22.2 Å². The zero-order chi connectivity index (χ0) is 19.6. The van der Waals surface area contributed by atoms with Crippen LogP contribution in [-0.4, -0.2) is 36.7 Å². The average molecular weight is 372 g/mol. The highest BCUT2D eigenvalue weighted by Gasteiger charge is 2.14. The van der Waals surface area contributed by atoms with Gasteiger partial charge in [-0.05, 0) is 30.5 Å². The van der Waals surface area contributed by atoms with Gasteiger partial charge in [-0.15, -0.1) is 0 Å². The van der Waals surface area contributed by atoms with Gasteiger partial charge in [0.2, 0.25) is 5.95 Å². The van der Waals surface area contributed by atoms with Crippen LogP contribution in [0.15, 0.2) is 18.2 Å². The van der Waals surface area contributed by atoms with Crippen LogP contribution in [0, 0.1) is 6.92 Å². The zero-order valence-electron chi connectivity index (χ0n) is 16.2. The van der Waals surface area contributed by atoms with Gasteiger partial charge in [0.25, 0.3) is 6.47 Å². The number of ether oxygens (including phenoxy) is 2. The van der Waals surface area contributed by atoms with Crippen LogP contribution >= 0.6 is 0 Å². The van der Waals surface area contributed by atoms with E-state index in [1.165, 1.54) is 0 Å². The number of nitrogens with zero attached hydrogens (tertiary/aromatic N) is 2. The number of hydrogen-bond donors (Lipinski definition) is 2. The molecule has 0 aliphatic rings. The highest BCUT2D eigenvalue weighted by atomic mass is 16.5. The fourth-order valence-corrected chi connectivity index (χ4v) is 2.86. The molecular formula is C20H28N4O3. The minimum atomic E-state index is 0.271. The van der Waals surface area contributed by atoms with Gasteiger partial charge in [0.15, 0.2) is 0 Å². The number of unbranched alkanes of at least 4 members (excludes halogenated alkanes) is 1. The van der Waals surface area contributed by atoms with Crippen LogP contribution in [0.5, 0.6) is 5.75 Å². The Kier molecular flexibility index (Phi) is 7.85. The number of benzene rings is 1. The summed E-state index contributed by atoms with van der Waals surface area (Å²) in [4.78, 5) is 19.0. The summed E-state index contributed by atoms with van der Waals surface area (Å²) in [6.07, 6.45) is 3.44. The van der Waals surface area contributed by atoms with Crippen LogP contribution in [0.1, 0.15) is 42.1 Å². The lowest BCUT2D eigenvalue weighted by Crippen LogP contribution is -2.11. The number of anilines is 2. The molecule has 2 aromatic rings. The number of rotatable bonds is 11. The van der Waals surface area contributed by atoms with Crippen molar-refractivity contribution in [1.29, 1.82) is 0 Å². The number of aromatic nitrogens is 2. The number of aryl methyl sites for hydroxylation is 1. The number of carbonyl (C=O) groups excluding carboxylic acids is 1. The van der Waals surface area contributed by atoms with Crippen molar-refractivity contribution in [3.05, 3.63) is 40.6 Å². The summed E-state index contributed by atoms with van der Waals surface area (Å²) >= 11 is 0. The molecule has 27 heavy (non-hydrogen) atoms. The van der Waals surface area contributed by atoms with Crippen LogP contribution in [0.3, 0.4) is 0 Å². The summed E-state index contributed by atoms with van der Waals surface area (Å²) in [5, 5.41) is 3.38. The number of nitrogens with two attached hydrogens (primary N) is 1. The molecule has 7 heteroatoms. The maximum atomic E-state index is 10.3. The molecule has 0 unspecified atom stereocenters. The number of carbonyl (C=O) groups is 1. The largest absolute Gasteiger partial charge is 0.496 e. The van der Waals surface area contributed by atoms with E-state index >= 15 is 0 Å². The predicted octanol–water partition coefficient (Wildman–Crippen LogP) is 2.89. The molecule has 0 radical (unpaired) electrons. The summed E-state index contributed by atoms with van der Waals surface area (Å²) in [5.41, 5.74) is 9.78. The topological polar surface area (TPSA) is 99.4 Å². The van der Waals surface area contributed by atoms with Crippen LogP contribution in [0.25, 0.3) is 0 Å². The van der Waals surface area contributed by atoms with Crippen LogP contribution in [0.2, 0.25) is 0 Å². The Morgan fingerprint density at radius 1 is 1.30 bits per heavy atom. The molecule has 0 fully saturated rings. The quantitative estimate of drug-likeness (QED) is 0.462. The van der Waals surface area contributed by atoms with E-state index in [0.29, 0.717) is 25.9 Å². The molecular weight excluding hydrogens is 344 g/mol. The molecule has 0 aliphatic carbocycles. The average Bonchev–Trinajstić information content (AvgIpc) is 2.65. The van der Waals surface area contributed by atoms with Crippen molar-refractivity contribution >= 4 is 18.2 Å². The second-order valence-corrected chi connectivity index (χ2v) is 6.31. The number of hydrogen-bond acceptors (Lipinski definition) is 7. The second kappa shape index (κ2) is 10.4. The van der Waals surface area contributed by atoms with Gasteiger partial charge < -0.3 is 20.5 Å². The third-order valence-corrected chi connectivity index (χ3v) is 4.35. The number of methoxy groups -OCH3 is 1. The maximum Gasteiger partial charge on any atom is 0.293 e. The summed E-state index contributed by atoms with van der Waals surface area (Å²) in [7, 11) is 1.65. The first-order valence-electron chi connectivity index (χ1n) is 9.16. The summed E-state index contributed by atoms with van der Waals surface area (Å²) in [5.74, 6) is 1.83. The molecule has 0 saturated carbocycles. The van der Waals surface area contributed by atoms with E-state index in [0.717, 1.165) is 53.3 Å². The molecule has 2 rings (SSSR count). The lowest BCUT2D eigenvalue weighted by molar-refractivity contribution is -0.128. The van der Waals surface area contributed by atoms with Crippen LogP contribution in [0.4, 0.5) is 11.8 Å². The Labute approximate surface area is 160 Å². The lowest BCUT2D eigenvalue weighted by Gasteiger charge is -2.16. The minimum Gasteiger partial charge on any atom is -0.496 e. The molecule has 1 aromatic carbocycles. The predicted molar refractivity (Wildman–Crippen MR) is 106 cm³/mol. The molecule has 1 heterocycles. The fraction of sp³-hybridized carbons (Fsp3) is 0.450. The van der Waals surface area contributed by atoms with Crippen molar-refractivity contribution in [3.8, 4) is 5.75 Å². The fourth-order valence-electron chi connectivity index (χ4n) is 2.86. The SMILES string of the molecule is CCCCNc1nc(N)nc(C)c1Cc1ccc(CCOC=O)cc1OC. The molecule has 0 spiro atoms.